The van der Waals surface area contributed by atoms with E-state index in [1.54, 1.807) is 12.3 Å². The Hall–Kier alpha value is -1.84. The highest BCUT2D eigenvalue weighted by atomic mass is 35.5. The third kappa shape index (κ3) is 3.73. The summed E-state index contributed by atoms with van der Waals surface area (Å²) in [4.78, 5) is 14.9. The Labute approximate surface area is 146 Å². The minimum Gasteiger partial charge on any atom is -0.478 e. The van der Waals surface area contributed by atoms with Crippen molar-refractivity contribution in [3.8, 4) is 0 Å². The Morgan fingerprint density at radius 3 is 2.76 bits per heavy atom. The molecule has 1 aromatic heterocycles. The van der Waals surface area contributed by atoms with Gasteiger partial charge in [-0.2, -0.15) is 18.6 Å². The number of hydrogen-bond donors (Lipinski definition) is 2. The fraction of sp³-hybridized carbons (Fsp3) is 0.467. The van der Waals surface area contributed by atoms with Crippen LogP contribution in [0.25, 0.3) is 0 Å². The maximum Gasteiger partial charge on any atom is 0.394 e. The zero-order valence-electron chi connectivity index (χ0n) is 12.9. The van der Waals surface area contributed by atoms with Gasteiger partial charge in [0.2, 0.25) is 0 Å². The average molecular weight is 378 g/mol. The lowest BCUT2D eigenvalue weighted by atomic mass is 10.0. The lowest BCUT2D eigenvalue weighted by Crippen LogP contribution is -2.38. The van der Waals surface area contributed by atoms with Gasteiger partial charge in [-0.1, -0.05) is 11.6 Å². The number of aromatic carboxylic acids is 1. The average Bonchev–Trinajstić information content (AvgIpc) is 3.17. The summed E-state index contributed by atoms with van der Waals surface area (Å²) < 4.78 is 44.0. The fourth-order valence-electron chi connectivity index (χ4n) is 2.55. The number of aromatic nitrogens is 1. The lowest BCUT2D eigenvalue weighted by molar-refractivity contribution is -0.192. The van der Waals surface area contributed by atoms with Gasteiger partial charge in [-0.25, -0.2) is 9.78 Å². The normalized spacial score (nSPS) is 21.6. The molecule has 136 valence electrons. The Morgan fingerprint density at radius 1 is 1.48 bits per heavy atom. The summed E-state index contributed by atoms with van der Waals surface area (Å²) >= 11 is 5.81. The number of hydrazine groups is 1. The highest BCUT2D eigenvalue weighted by Crippen LogP contribution is 2.59. The van der Waals surface area contributed by atoms with Crippen molar-refractivity contribution in [2.24, 2.45) is 5.41 Å². The number of nitrogens with zero attached hydrogens (tertiary/aromatic N) is 2. The number of carboxylic acids is 1. The van der Waals surface area contributed by atoms with Crippen LogP contribution in [0.15, 0.2) is 24.4 Å². The molecule has 1 atom stereocenters. The van der Waals surface area contributed by atoms with E-state index >= 15 is 0 Å². The number of anilines is 1. The molecule has 2 heterocycles. The van der Waals surface area contributed by atoms with Crippen molar-refractivity contribution in [3.05, 3.63) is 35.1 Å². The van der Waals surface area contributed by atoms with Crippen molar-refractivity contribution in [1.29, 1.82) is 0 Å². The molecule has 0 aromatic carbocycles. The number of ether oxygens (including phenoxy) is 1. The van der Waals surface area contributed by atoms with E-state index in [4.69, 9.17) is 21.4 Å². The molecule has 0 saturated heterocycles. The van der Waals surface area contributed by atoms with E-state index in [1.165, 1.54) is 17.1 Å². The van der Waals surface area contributed by atoms with Gasteiger partial charge in [0.15, 0.2) is 0 Å². The van der Waals surface area contributed by atoms with Crippen LogP contribution in [-0.2, 0) is 4.74 Å². The number of halogens is 4. The molecule has 1 saturated carbocycles. The molecule has 3 rings (SSSR count). The van der Waals surface area contributed by atoms with Gasteiger partial charge in [-0.3, -0.25) is 5.01 Å². The maximum atomic E-state index is 12.9. The second-order valence-electron chi connectivity index (χ2n) is 5.97. The molecular weight excluding hydrogens is 363 g/mol. The van der Waals surface area contributed by atoms with Gasteiger partial charge >= 0.3 is 12.1 Å². The number of alkyl halides is 3. The van der Waals surface area contributed by atoms with Crippen molar-refractivity contribution in [3.63, 3.8) is 0 Å². The second-order valence-corrected chi connectivity index (χ2v) is 6.33. The van der Waals surface area contributed by atoms with E-state index in [0.717, 1.165) is 0 Å². The van der Waals surface area contributed by atoms with Crippen LogP contribution in [0, 0.1) is 5.41 Å². The summed E-state index contributed by atoms with van der Waals surface area (Å²) in [5, 5.41) is 10.2. The zero-order chi connectivity index (χ0) is 18.2. The van der Waals surface area contributed by atoms with Crippen LogP contribution in [0.4, 0.5) is 19.0 Å². The first-order valence-electron chi connectivity index (χ1n) is 7.54. The molecule has 0 spiro atoms. The van der Waals surface area contributed by atoms with E-state index in [9.17, 15) is 18.0 Å². The molecule has 1 unspecified atom stereocenters. The van der Waals surface area contributed by atoms with Crippen LogP contribution in [0.5, 0.6) is 0 Å². The summed E-state index contributed by atoms with van der Waals surface area (Å²) in [6.45, 7) is -0.0263. The Kier molecular flexibility index (Phi) is 4.65. The fourth-order valence-corrected chi connectivity index (χ4v) is 2.78. The number of rotatable bonds is 6. The van der Waals surface area contributed by atoms with Crippen molar-refractivity contribution >= 4 is 23.4 Å². The predicted molar refractivity (Wildman–Crippen MR) is 83.0 cm³/mol. The molecular formula is C15H15ClF3N3O3. The van der Waals surface area contributed by atoms with Gasteiger partial charge in [0.25, 0.3) is 0 Å². The van der Waals surface area contributed by atoms with Crippen LogP contribution in [0.2, 0.25) is 5.15 Å². The minimum atomic E-state index is -4.19. The maximum absolute atomic E-state index is 12.9. The monoisotopic (exact) mass is 377 g/mol. The molecule has 6 nitrogen and oxygen atoms in total. The van der Waals surface area contributed by atoms with E-state index in [1.807, 2.05) is 0 Å². The first-order valence-corrected chi connectivity index (χ1v) is 7.92. The van der Waals surface area contributed by atoms with Gasteiger partial charge in [0, 0.05) is 12.8 Å². The van der Waals surface area contributed by atoms with Crippen molar-refractivity contribution < 1.29 is 27.8 Å². The number of carbonyl (C=O) groups is 1. The molecule has 25 heavy (non-hydrogen) atoms. The molecule has 0 radical (unpaired) electrons. The van der Waals surface area contributed by atoms with Crippen molar-refractivity contribution in [1.82, 2.24) is 10.4 Å². The Bertz CT molecular complexity index is 707. The van der Waals surface area contributed by atoms with Gasteiger partial charge in [0.1, 0.15) is 17.2 Å². The van der Waals surface area contributed by atoms with Crippen LogP contribution < -0.4 is 10.4 Å². The largest absolute Gasteiger partial charge is 0.478 e. The quantitative estimate of drug-likeness (QED) is 0.741. The summed E-state index contributed by atoms with van der Waals surface area (Å²) in [5.74, 6) is -0.847. The molecule has 1 aliphatic heterocycles. The van der Waals surface area contributed by atoms with Crippen molar-refractivity contribution in [2.45, 2.75) is 31.7 Å². The first kappa shape index (κ1) is 18.0. The van der Waals surface area contributed by atoms with Gasteiger partial charge in [0.05, 0.1) is 11.0 Å². The van der Waals surface area contributed by atoms with Gasteiger partial charge < -0.3 is 9.84 Å². The standard InChI is InChI=1S/C15H15ClF3N3O3/c16-12-9(13(23)24)1-2-10(20-12)22-7-3-11(21-22)25-8-6-14(4-5-14)15(17,18)19/h1-3,7,11,21H,4-6,8H2,(H,23,24). The summed E-state index contributed by atoms with van der Waals surface area (Å²) in [6, 6.07) is 2.77. The molecule has 2 N–H and O–H groups in total. The van der Waals surface area contributed by atoms with Crippen LogP contribution in [0.3, 0.4) is 0 Å². The SMILES string of the molecule is O=C(O)c1ccc(N2C=CC(OCCC3(C(F)(F)F)CC3)N2)nc1Cl. The van der Waals surface area contributed by atoms with Crippen LogP contribution in [-0.4, -0.2) is 35.1 Å². The Morgan fingerprint density at radius 2 is 2.20 bits per heavy atom. The minimum absolute atomic E-state index is 0.0263. The number of pyridine rings is 1. The number of hydrogen-bond acceptors (Lipinski definition) is 5. The van der Waals surface area contributed by atoms with Crippen LogP contribution in [0.1, 0.15) is 29.6 Å². The summed E-state index contributed by atoms with van der Waals surface area (Å²) in [6.07, 6.45) is -1.35. The lowest BCUT2D eigenvalue weighted by Gasteiger charge is -2.22. The number of nitrogens with one attached hydrogen (secondary N) is 1. The van der Waals surface area contributed by atoms with Crippen molar-refractivity contribution in [2.75, 3.05) is 11.6 Å². The van der Waals surface area contributed by atoms with E-state index in [0.29, 0.717) is 5.82 Å². The highest BCUT2D eigenvalue weighted by molar-refractivity contribution is 6.32. The summed E-state index contributed by atoms with van der Waals surface area (Å²) in [5.41, 5.74) is 1.17. The van der Waals surface area contributed by atoms with E-state index in [2.05, 4.69) is 10.4 Å². The highest BCUT2D eigenvalue weighted by Gasteiger charge is 2.62. The summed E-state index contributed by atoms with van der Waals surface area (Å²) in [7, 11) is 0. The predicted octanol–water partition coefficient (Wildman–Crippen LogP) is 3.35. The second kappa shape index (κ2) is 6.47. The topological polar surface area (TPSA) is 74.7 Å². The smallest absolute Gasteiger partial charge is 0.394 e. The molecule has 1 aromatic rings. The van der Waals surface area contributed by atoms with Crippen LogP contribution >= 0.6 is 11.6 Å². The third-order valence-corrected chi connectivity index (χ3v) is 4.61. The third-order valence-electron chi connectivity index (χ3n) is 4.32. The zero-order valence-corrected chi connectivity index (χ0v) is 13.6. The number of carboxylic acid groups (broad SMARTS) is 1. The van der Waals surface area contributed by atoms with Gasteiger partial charge in [-0.15, -0.1) is 0 Å². The molecule has 0 amide bonds. The molecule has 1 fully saturated rings. The van der Waals surface area contributed by atoms with E-state index in [-0.39, 0.29) is 36.6 Å². The van der Waals surface area contributed by atoms with E-state index < -0.39 is 23.8 Å². The molecule has 10 heteroatoms. The molecule has 1 aliphatic carbocycles. The first-order chi connectivity index (χ1) is 11.7. The van der Waals surface area contributed by atoms with Gasteiger partial charge in [-0.05, 0) is 37.5 Å². The Balaban J connectivity index is 1.52. The molecule has 0 bridgehead atoms. The molecule has 2 aliphatic rings.